The number of benzene rings is 1. The molecule has 1 fully saturated rings. The minimum Gasteiger partial charge on any atom is -0.342 e. The number of carbonyl (C=O) groups excluding carboxylic acids is 2. The molecule has 4 rings (SSSR count). The summed E-state index contributed by atoms with van der Waals surface area (Å²) in [6, 6.07) is -0.227. The summed E-state index contributed by atoms with van der Waals surface area (Å²) < 4.78 is 80.3. The molecule has 9 nitrogen and oxygen atoms in total. The van der Waals surface area contributed by atoms with E-state index in [0.29, 0.717) is 12.1 Å². The van der Waals surface area contributed by atoms with Crippen molar-refractivity contribution in [1.82, 2.24) is 34.9 Å². The van der Waals surface area contributed by atoms with Crippen molar-refractivity contribution in [2.75, 3.05) is 7.05 Å². The number of carbonyl (C=O) groups is 2. The summed E-state index contributed by atoms with van der Waals surface area (Å²) in [6.07, 6.45) is -5.85. The van der Waals surface area contributed by atoms with Crippen LogP contribution in [-0.4, -0.2) is 54.5 Å². The van der Waals surface area contributed by atoms with Gasteiger partial charge in [0.2, 0.25) is 0 Å². The van der Waals surface area contributed by atoms with Gasteiger partial charge in [0.15, 0.2) is 11.6 Å². The molecule has 202 valence electrons. The summed E-state index contributed by atoms with van der Waals surface area (Å²) >= 11 is 0. The summed E-state index contributed by atoms with van der Waals surface area (Å²) in [5.74, 6) is -1.03. The quantitative estimate of drug-likeness (QED) is 0.471. The number of hydrogen-bond acceptors (Lipinski definition) is 6. The smallest absolute Gasteiger partial charge is 0.342 e. The van der Waals surface area contributed by atoms with Gasteiger partial charge in [-0.1, -0.05) is 0 Å². The lowest BCUT2D eigenvalue weighted by Gasteiger charge is -2.17. The highest BCUT2D eigenvalue weighted by Crippen LogP contribution is 2.36. The number of alkyl halides is 6. The van der Waals surface area contributed by atoms with Crippen LogP contribution in [0, 0.1) is 6.92 Å². The van der Waals surface area contributed by atoms with Gasteiger partial charge in [0.1, 0.15) is 11.5 Å². The van der Waals surface area contributed by atoms with Gasteiger partial charge in [-0.25, -0.2) is 15.0 Å². The summed E-state index contributed by atoms with van der Waals surface area (Å²) in [7, 11) is 1.67. The fourth-order valence-electron chi connectivity index (χ4n) is 3.66. The van der Waals surface area contributed by atoms with Gasteiger partial charge < -0.3 is 10.2 Å². The van der Waals surface area contributed by atoms with Gasteiger partial charge in [0.05, 0.1) is 29.6 Å². The van der Waals surface area contributed by atoms with E-state index in [-0.39, 0.29) is 41.2 Å². The van der Waals surface area contributed by atoms with E-state index in [9.17, 15) is 35.9 Å². The van der Waals surface area contributed by atoms with Gasteiger partial charge in [-0.15, -0.1) is 5.10 Å². The van der Waals surface area contributed by atoms with Crippen molar-refractivity contribution in [3.8, 4) is 5.82 Å². The Kier molecular flexibility index (Phi) is 6.88. The number of aromatic nitrogens is 5. The van der Waals surface area contributed by atoms with Crippen molar-refractivity contribution in [3.63, 3.8) is 0 Å². The number of hydrogen-bond donors (Lipinski definition) is 1. The van der Waals surface area contributed by atoms with Crippen LogP contribution in [-0.2, 0) is 12.4 Å². The molecule has 0 spiro atoms. The maximum Gasteiger partial charge on any atom is 0.416 e. The predicted octanol–water partition coefficient (Wildman–Crippen LogP) is 4.13. The van der Waals surface area contributed by atoms with Crippen molar-refractivity contribution in [3.05, 3.63) is 64.6 Å². The number of nitrogens with one attached hydrogen (secondary N) is 1. The maximum absolute atomic E-state index is 13.2. The van der Waals surface area contributed by atoms with E-state index >= 15 is 0 Å². The summed E-state index contributed by atoms with van der Waals surface area (Å²) in [6.45, 7) is 2.96. The van der Waals surface area contributed by atoms with Crippen molar-refractivity contribution in [2.24, 2.45) is 0 Å². The Morgan fingerprint density at radius 3 is 2.13 bits per heavy atom. The second kappa shape index (κ2) is 9.68. The molecule has 1 saturated carbocycles. The zero-order valence-corrected chi connectivity index (χ0v) is 20.2. The first kappa shape index (κ1) is 27.0. The van der Waals surface area contributed by atoms with E-state index in [1.807, 2.05) is 0 Å². The van der Waals surface area contributed by atoms with Crippen LogP contribution < -0.4 is 5.32 Å². The molecule has 0 bridgehead atoms. The van der Waals surface area contributed by atoms with Crippen molar-refractivity contribution >= 4 is 11.8 Å². The van der Waals surface area contributed by atoms with E-state index in [0.717, 1.165) is 12.8 Å². The van der Waals surface area contributed by atoms with Crippen LogP contribution in [0.25, 0.3) is 5.82 Å². The van der Waals surface area contributed by atoms with Gasteiger partial charge in [-0.2, -0.15) is 31.0 Å². The Morgan fingerprint density at radius 1 is 1.03 bits per heavy atom. The number of nitrogens with zero attached hydrogens (tertiary/aromatic N) is 6. The average Bonchev–Trinajstić information content (AvgIpc) is 3.62. The Hall–Kier alpha value is -4.04. The third kappa shape index (κ3) is 5.75. The Morgan fingerprint density at radius 2 is 1.63 bits per heavy atom. The van der Waals surface area contributed by atoms with E-state index in [2.05, 4.69) is 25.4 Å². The predicted molar refractivity (Wildman–Crippen MR) is 119 cm³/mol. The molecule has 2 aromatic heterocycles. The van der Waals surface area contributed by atoms with E-state index in [1.54, 1.807) is 11.9 Å². The second-order valence-corrected chi connectivity index (χ2v) is 8.83. The van der Waals surface area contributed by atoms with E-state index in [1.165, 1.54) is 30.9 Å². The first-order valence-corrected chi connectivity index (χ1v) is 11.3. The highest BCUT2D eigenvalue weighted by molar-refractivity contribution is 5.95. The number of rotatable bonds is 6. The van der Waals surface area contributed by atoms with Crippen molar-refractivity contribution < 1.29 is 35.9 Å². The van der Waals surface area contributed by atoms with Crippen molar-refractivity contribution in [1.29, 1.82) is 0 Å². The molecule has 0 radical (unpaired) electrons. The molecule has 0 aliphatic heterocycles. The molecule has 2 heterocycles. The molecule has 0 saturated heterocycles. The van der Waals surface area contributed by atoms with Crippen LogP contribution >= 0.6 is 0 Å². The first-order chi connectivity index (χ1) is 17.6. The van der Waals surface area contributed by atoms with Crippen LogP contribution in [0.3, 0.4) is 0 Å². The Bertz CT molecular complexity index is 1330. The van der Waals surface area contributed by atoms with Crippen LogP contribution in [0.2, 0.25) is 0 Å². The van der Waals surface area contributed by atoms with Crippen LogP contribution in [0.4, 0.5) is 26.3 Å². The molecule has 2 amide bonds. The summed E-state index contributed by atoms with van der Waals surface area (Å²) in [5, 5.41) is 6.53. The zero-order valence-electron chi connectivity index (χ0n) is 20.2. The molecule has 38 heavy (non-hydrogen) atoms. The fraction of sp³-hybridized carbons (Fsp3) is 0.391. The molecule has 1 aliphatic carbocycles. The average molecular weight is 541 g/mol. The lowest BCUT2D eigenvalue weighted by atomic mass is 10.0. The zero-order chi connectivity index (χ0) is 28.0. The van der Waals surface area contributed by atoms with Crippen molar-refractivity contribution in [2.45, 2.75) is 51.1 Å². The van der Waals surface area contributed by atoms with Gasteiger partial charge in [-0.05, 0) is 44.9 Å². The third-order valence-corrected chi connectivity index (χ3v) is 5.81. The van der Waals surface area contributed by atoms with Crippen LogP contribution in [0.1, 0.15) is 69.4 Å². The minimum absolute atomic E-state index is 0.0598. The molecule has 1 N–H and O–H groups in total. The topological polar surface area (TPSA) is 106 Å². The third-order valence-electron chi connectivity index (χ3n) is 5.81. The molecular weight excluding hydrogens is 520 g/mol. The van der Waals surface area contributed by atoms with Gasteiger partial charge in [-0.3, -0.25) is 9.59 Å². The summed E-state index contributed by atoms with van der Waals surface area (Å²) in [5.41, 5.74) is -3.94. The van der Waals surface area contributed by atoms with Gasteiger partial charge in [0.25, 0.3) is 11.8 Å². The SMILES string of the molecule is Cc1nc([C@H](C)NC(=O)c2cc(C(F)(F)F)cc(C(F)(F)F)c2)n(-c2cnc(C(=O)N(C)C3CC3)cn2)n1. The Balaban J connectivity index is 1.58. The highest BCUT2D eigenvalue weighted by atomic mass is 19.4. The molecule has 15 heteroatoms. The number of aryl methyl sites for hydroxylation is 1. The largest absolute Gasteiger partial charge is 0.416 e. The van der Waals surface area contributed by atoms with Gasteiger partial charge in [0, 0.05) is 18.7 Å². The summed E-state index contributed by atoms with van der Waals surface area (Å²) in [4.78, 5) is 39.3. The Labute approximate surface area is 211 Å². The second-order valence-electron chi connectivity index (χ2n) is 8.83. The van der Waals surface area contributed by atoms with Crippen LogP contribution in [0.5, 0.6) is 0 Å². The van der Waals surface area contributed by atoms with Gasteiger partial charge >= 0.3 is 12.4 Å². The molecule has 3 aromatic rings. The molecular formula is C23H21F6N7O2. The number of amides is 2. The van der Waals surface area contributed by atoms with E-state index < -0.39 is 41.0 Å². The lowest BCUT2D eigenvalue weighted by Crippen LogP contribution is -2.30. The first-order valence-electron chi connectivity index (χ1n) is 11.3. The molecule has 1 aromatic carbocycles. The van der Waals surface area contributed by atoms with Crippen LogP contribution in [0.15, 0.2) is 30.6 Å². The normalized spacial score (nSPS) is 14.8. The minimum atomic E-state index is -5.10. The molecule has 0 unspecified atom stereocenters. The molecule has 1 atom stereocenters. The lowest BCUT2D eigenvalue weighted by molar-refractivity contribution is -0.143. The van der Waals surface area contributed by atoms with E-state index in [4.69, 9.17) is 0 Å². The standard InChI is InChI=1S/C23H21F6N7O2/c1-11(32-20(37)13-6-14(22(24,25)26)8-15(7-13)23(27,28)29)19-33-12(2)34-36(19)18-10-30-17(9-31-18)21(38)35(3)16-4-5-16/h6-11,16H,4-5H2,1-3H3,(H,32,37)/t11-/m0/s1. The fourth-order valence-corrected chi connectivity index (χ4v) is 3.66. The highest BCUT2D eigenvalue weighted by Gasteiger charge is 2.38. The maximum atomic E-state index is 13.2. The monoisotopic (exact) mass is 541 g/mol. The number of halogens is 6. The molecule has 1 aliphatic rings.